The molecule has 0 saturated carbocycles. The lowest BCUT2D eigenvalue weighted by atomic mass is 10.1. The summed E-state index contributed by atoms with van der Waals surface area (Å²) in [6, 6.07) is 20.6. The number of benzene rings is 3. The molecule has 1 aromatic heterocycles. The Hall–Kier alpha value is -4.46. The van der Waals surface area contributed by atoms with Gasteiger partial charge in [0.2, 0.25) is 0 Å². The Bertz CT molecular complexity index is 1440. The van der Waals surface area contributed by atoms with Gasteiger partial charge in [-0.25, -0.2) is 4.98 Å². The minimum absolute atomic E-state index is 0.00370. The van der Waals surface area contributed by atoms with Gasteiger partial charge in [0, 0.05) is 11.6 Å². The van der Waals surface area contributed by atoms with Crippen LogP contribution in [-0.4, -0.2) is 34.0 Å². The van der Waals surface area contributed by atoms with Gasteiger partial charge in [-0.3, -0.25) is 19.0 Å². The molecule has 8 nitrogen and oxygen atoms in total. The first kappa shape index (κ1) is 22.7. The molecule has 0 spiro atoms. The van der Waals surface area contributed by atoms with E-state index in [0.29, 0.717) is 33.7 Å². The number of amides is 2. The van der Waals surface area contributed by atoms with E-state index in [-0.39, 0.29) is 29.7 Å². The maximum absolute atomic E-state index is 13.6. The van der Waals surface area contributed by atoms with Crippen molar-refractivity contribution in [2.45, 2.75) is 19.9 Å². The minimum atomic E-state index is -0.658. The number of rotatable bonds is 7. The lowest BCUT2D eigenvalue weighted by Gasteiger charge is -2.16. The Morgan fingerprint density at radius 3 is 2.53 bits per heavy atom. The van der Waals surface area contributed by atoms with E-state index in [1.54, 1.807) is 72.8 Å². The number of hydrogen-bond acceptors (Lipinski definition) is 5. The third-order valence-electron chi connectivity index (χ3n) is 5.10. The molecule has 4 rings (SSSR count). The zero-order valence-electron chi connectivity index (χ0n) is 18.8. The first-order chi connectivity index (χ1) is 16.3. The number of hydrogen-bond donors (Lipinski definition) is 2. The smallest absolute Gasteiger partial charge is 0.266 e. The summed E-state index contributed by atoms with van der Waals surface area (Å²) in [5.74, 6) is -0.144. The van der Waals surface area contributed by atoms with E-state index >= 15 is 0 Å². The summed E-state index contributed by atoms with van der Waals surface area (Å²) in [7, 11) is 0. The van der Waals surface area contributed by atoms with Gasteiger partial charge in [0.1, 0.15) is 11.6 Å². The first-order valence-corrected chi connectivity index (χ1v) is 10.8. The molecule has 172 valence electrons. The van der Waals surface area contributed by atoms with Gasteiger partial charge in [-0.2, -0.15) is 0 Å². The highest BCUT2D eigenvalue weighted by Crippen LogP contribution is 2.26. The summed E-state index contributed by atoms with van der Waals surface area (Å²) in [4.78, 5) is 42.4. The minimum Gasteiger partial charge on any atom is -0.484 e. The number of fused-ring (bicyclic) bond motifs is 1. The average Bonchev–Trinajstić information content (AvgIpc) is 2.82. The number of carbonyl (C=O) groups excluding carboxylic acids is 2. The van der Waals surface area contributed by atoms with Crippen molar-refractivity contribution < 1.29 is 14.3 Å². The first-order valence-electron chi connectivity index (χ1n) is 10.8. The number of nitrogens with two attached hydrogens (primary N) is 1. The van der Waals surface area contributed by atoms with Crippen molar-refractivity contribution in [1.82, 2.24) is 14.9 Å². The highest BCUT2D eigenvalue weighted by molar-refractivity contribution is 5.97. The van der Waals surface area contributed by atoms with E-state index in [9.17, 15) is 14.4 Å². The molecule has 0 atom stereocenters. The van der Waals surface area contributed by atoms with Crippen molar-refractivity contribution >= 4 is 22.7 Å². The zero-order valence-corrected chi connectivity index (χ0v) is 18.8. The summed E-state index contributed by atoms with van der Waals surface area (Å²) >= 11 is 0. The summed E-state index contributed by atoms with van der Waals surface area (Å²) in [6.45, 7) is 3.59. The molecule has 0 unspecified atom stereocenters. The molecule has 2 amide bonds. The van der Waals surface area contributed by atoms with Gasteiger partial charge >= 0.3 is 0 Å². The highest BCUT2D eigenvalue weighted by Gasteiger charge is 2.19. The second-order valence-corrected chi connectivity index (χ2v) is 8.01. The Morgan fingerprint density at radius 2 is 1.76 bits per heavy atom. The Kier molecular flexibility index (Phi) is 6.40. The van der Waals surface area contributed by atoms with Crippen LogP contribution in [0.1, 0.15) is 24.2 Å². The third-order valence-corrected chi connectivity index (χ3v) is 5.10. The molecule has 0 bridgehead atoms. The van der Waals surface area contributed by atoms with Crippen LogP contribution >= 0.6 is 0 Å². The van der Waals surface area contributed by atoms with Crippen LogP contribution < -0.4 is 21.3 Å². The summed E-state index contributed by atoms with van der Waals surface area (Å²) in [5, 5.41) is 3.17. The van der Waals surface area contributed by atoms with Crippen LogP contribution in [0.4, 0.5) is 0 Å². The van der Waals surface area contributed by atoms with Gasteiger partial charge in [0.05, 0.1) is 22.2 Å². The number of nitrogens with zero attached hydrogens (tertiary/aromatic N) is 2. The second kappa shape index (κ2) is 9.58. The molecular weight excluding hydrogens is 432 g/mol. The monoisotopic (exact) mass is 456 g/mol. The van der Waals surface area contributed by atoms with Crippen LogP contribution in [0.5, 0.6) is 5.75 Å². The fourth-order valence-electron chi connectivity index (χ4n) is 3.66. The standard InChI is InChI=1S/C26H24N4O4/c1-16(2)28-23(31)15-34-18-9-7-8-17(14-18)25-29-21-12-5-3-10-19(21)26(33)30(25)22-13-6-4-11-20(22)24(27)32/h3-14,16H,15H2,1-2H3,(H2,27,32)(H,28,31). The normalized spacial score (nSPS) is 10.9. The summed E-state index contributed by atoms with van der Waals surface area (Å²) in [5.41, 5.74) is 6.87. The predicted molar refractivity (Wildman–Crippen MR) is 130 cm³/mol. The number of primary amides is 1. The van der Waals surface area contributed by atoms with Crippen molar-refractivity contribution in [3.05, 3.63) is 88.7 Å². The predicted octanol–water partition coefficient (Wildman–Crippen LogP) is 3.06. The lowest BCUT2D eigenvalue weighted by Crippen LogP contribution is -2.34. The van der Waals surface area contributed by atoms with Crippen LogP contribution in [-0.2, 0) is 4.79 Å². The molecule has 3 N–H and O–H groups in total. The van der Waals surface area contributed by atoms with Gasteiger partial charge in [-0.15, -0.1) is 0 Å². The fraction of sp³-hybridized carbons (Fsp3) is 0.154. The molecule has 34 heavy (non-hydrogen) atoms. The number of nitrogens with one attached hydrogen (secondary N) is 1. The SMILES string of the molecule is CC(C)NC(=O)COc1cccc(-c2nc3ccccc3c(=O)n2-c2ccccc2C(N)=O)c1. The van der Waals surface area contributed by atoms with Gasteiger partial charge < -0.3 is 15.8 Å². The number of ether oxygens (including phenoxy) is 1. The topological polar surface area (TPSA) is 116 Å². The van der Waals surface area contributed by atoms with E-state index in [4.69, 9.17) is 15.5 Å². The molecule has 8 heteroatoms. The van der Waals surface area contributed by atoms with Crippen molar-refractivity contribution in [1.29, 1.82) is 0 Å². The van der Waals surface area contributed by atoms with E-state index in [1.807, 2.05) is 13.8 Å². The van der Waals surface area contributed by atoms with Crippen LogP contribution in [0, 0.1) is 0 Å². The van der Waals surface area contributed by atoms with Gasteiger partial charge in [0.15, 0.2) is 6.61 Å². The molecule has 1 heterocycles. The Labute approximate surface area is 196 Å². The Morgan fingerprint density at radius 1 is 1.03 bits per heavy atom. The molecule has 4 aromatic rings. The summed E-state index contributed by atoms with van der Waals surface area (Å²) < 4.78 is 7.04. The lowest BCUT2D eigenvalue weighted by molar-refractivity contribution is -0.123. The van der Waals surface area contributed by atoms with Crippen molar-refractivity contribution in [3.63, 3.8) is 0 Å². The second-order valence-electron chi connectivity index (χ2n) is 8.01. The fourth-order valence-corrected chi connectivity index (χ4v) is 3.66. The largest absolute Gasteiger partial charge is 0.484 e. The maximum atomic E-state index is 13.6. The molecule has 0 aliphatic heterocycles. The molecule has 0 fully saturated rings. The Balaban J connectivity index is 1.87. The van der Waals surface area contributed by atoms with Crippen LogP contribution in [0.2, 0.25) is 0 Å². The molecular formula is C26H24N4O4. The van der Waals surface area contributed by atoms with Crippen LogP contribution in [0.3, 0.4) is 0 Å². The number of carbonyl (C=O) groups is 2. The molecule has 3 aromatic carbocycles. The summed E-state index contributed by atoms with van der Waals surface area (Å²) in [6.07, 6.45) is 0. The van der Waals surface area contributed by atoms with Crippen molar-refractivity contribution in [2.75, 3.05) is 6.61 Å². The number of aromatic nitrogens is 2. The van der Waals surface area contributed by atoms with Crippen molar-refractivity contribution in [2.24, 2.45) is 5.73 Å². The molecule has 0 aliphatic rings. The van der Waals surface area contributed by atoms with Crippen LogP contribution in [0.15, 0.2) is 77.6 Å². The van der Waals surface area contributed by atoms with Crippen LogP contribution in [0.25, 0.3) is 28.0 Å². The van der Waals surface area contributed by atoms with Gasteiger partial charge in [0.25, 0.3) is 17.4 Å². The van der Waals surface area contributed by atoms with E-state index in [0.717, 1.165) is 0 Å². The third kappa shape index (κ3) is 4.66. The quantitative estimate of drug-likeness (QED) is 0.443. The highest BCUT2D eigenvalue weighted by atomic mass is 16.5. The van der Waals surface area contributed by atoms with Gasteiger partial charge in [-0.05, 0) is 50.2 Å². The zero-order chi connectivity index (χ0) is 24.2. The van der Waals surface area contributed by atoms with Gasteiger partial charge in [-0.1, -0.05) is 36.4 Å². The number of para-hydroxylation sites is 2. The maximum Gasteiger partial charge on any atom is 0.266 e. The average molecular weight is 457 g/mol. The van der Waals surface area contributed by atoms with E-state index in [2.05, 4.69) is 5.32 Å². The van der Waals surface area contributed by atoms with E-state index in [1.165, 1.54) is 4.57 Å². The van der Waals surface area contributed by atoms with Crippen molar-refractivity contribution in [3.8, 4) is 22.8 Å². The molecule has 0 radical (unpaired) electrons. The van der Waals surface area contributed by atoms with E-state index < -0.39 is 5.91 Å². The molecule has 0 saturated heterocycles. The molecule has 0 aliphatic carbocycles.